The van der Waals surface area contributed by atoms with E-state index in [1.165, 1.54) is 31.2 Å². The van der Waals surface area contributed by atoms with Crippen molar-refractivity contribution in [3.8, 4) is 0 Å². The number of rotatable bonds is 3. The van der Waals surface area contributed by atoms with Crippen LogP contribution in [-0.2, 0) is 14.6 Å². The molecule has 1 aromatic rings. The van der Waals surface area contributed by atoms with Crippen molar-refractivity contribution >= 4 is 21.4 Å². The van der Waals surface area contributed by atoms with Crippen molar-refractivity contribution in [2.75, 3.05) is 31.1 Å². The summed E-state index contributed by atoms with van der Waals surface area (Å²) in [5, 5.41) is 0. The van der Waals surface area contributed by atoms with Gasteiger partial charge >= 0.3 is 5.76 Å². The number of carbonyl (C=O) groups excluding carboxylic acids is 1. The molecule has 1 fully saturated rings. The Bertz CT molecular complexity index is 632. The van der Waals surface area contributed by atoms with Crippen LogP contribution in [0, 0.1) is 0 Å². The first-order valence-electron chi connectivity index (χ1n) is 6.95. The lowest BCUT2D eigenvalue weighted by Gasteiger charge is -2.23. The summed E-state index contributed by atoms with van der Waals surface area (Å²) in [6.07, 6.45) is 0.802. The molecule has 8 heteroatoms. The molecule has 1 aromatic carbocycles. The molecule has 1 aliphatic heterocycles. The second kappa shape index (κ2) is 6.60. The third-order valence-electron chi connectivity index (χ3n) is 3.71. The zero-order valence-electron chi connectivity index (χ0n) is 12.2. The van der Waals surface area contributed by atoms with E-state index in [-0.39, 0.29) is 10.8 Å². The first-order valence-corrected chi connectivity index (χ1v) is 8.49. The van der Waals surface area contributed by atoms with Gasteiger partial charge in [-0.3, -0.25) is 4.79 Å². The van der Waals surface area contributed by atoms with E-state index in [1.54, 1.807) is 4.90 Å². The first-order chi connectivity index (χ1) is 10.3. The van der Waals surface area contributed by atoms with Crippen LogP contribution in [0.2, 0.25) is 0 Å². The number of hydrogen-bond donors (Lipinski definition) is 0. The summed E-state index contributed by atoms with van der Waals surface area (Å²) in [5.41, 5.74) is 0.763. The molecule has 0 aromatic heterocycles. The van der Waals surface area contributed by atoms with Gasteiger partial charge in [-0.1, -0.05) is 0 Å². The molecule has 0 unspecified atom stereocenters. The van der Waals surface area contributed by atoms with Crippen LogP contribution < -0.4 is 4.90 Å². The number of anilines is 1. The number of amides is 1. The summed E-state index contributed by atoms with van der Waals surface area (Å²) in [4.78, 5) is 14.8. The van der Waals surface area contributed by atoms with E-state index in [0.29, 0.717) is 19.6 Å². The van der Waals surface area contributed by atoms with Gasteiger partial charge < -0.3 is 9.80 Å². The van der Waals surface area contributed by atoms with Crippen LogP contribution in [0.1, 0.15) is 13.3 Å². The van der Waals surface area contributed by atoms with E-state index in [4.69, 9.17) is 0 Å². The Kier molecular flexibility index (Phi) is 5.00. The average Bonchev–Trinajstić information content (AvgIpc) is 2.73. The minimum atomic E-state index is -4.56. The minimum absolute atomic E-state index is 0.0280. The Morgan fingerprint density at radius 2 is 1.73 bits per heavy atom. The maximum absolute atomic E-state index is 12.5. The first kappa shape index (κ1) is 16.7. The molecule has 0 saturated carbocycles. The number of sulfone groups is 1. The van der Waals surface area contributed by atoms with Gasteiger partial charge in [-0.15, -0.1) is 0 Å². The predicted molar refractivity (Wildman–Crippen MR) is 78.7 cm³/mol. The minimum Gasteiger partial charge on any atom is -0.370 e. The molecule has 0 atom stereocenters. The molecular formula is C14H18F2N2O3S. The lowest BCUT2D eigenvalue weighted by Crippen LogP contribution is -2.33. The molecule has 1 amide bonds. The number of nitrogens with zero attached hydrogens (tertiary/aromatic N) is 2. The topological polar surface area (TPSA) is 57.7 Å². The van der Waals surface area contributed by atoms with Gasteiger partial charge in [0, 0.05) is 38.8 Å². The van der Waals surface area contributed by atoms with Gasteiger partial charge in [0.25, 0.3) is 0 Å². The monoisotopic (exact) mass is 332 g/mol. The number of halogens is 2. The lowest BCUT2D eigenvalue weighted by molar-refractivity contribution is -0.128. The lowest BCUT2D eigenvalue weighted by atomic mass is 10.2. The van der Waals surface area contributed by atoms with Crippen LogP contribution in [0.25, 0.3) is 0 Å². The molecule has 0 radical (unpaired) electrons. The van der Waals surface area contributed by atoms with Crippen molar-refractivity contribution in [2.45, 2.75) is 24.0 Å². The van der Waals surface area contributed by atoms with Crippen molar-refractivity contribution in [3.05, 3.63) is 24.3 Å². The van der Waals surface area contributed by atoms with E-state index in [9.17, 15) is 22.0 Å². The van der Waals surface area contributed by atoms with Crippen LogP contribution >= 0.6 is 0 Å². The van der Waals surface area contributed by atoms with Gasteiger partial charge in [-0.2, -0.15) is 8.78 Å². The van der Waals surface area contributed by atoms with Crippen LogP contribution in [0.5, 0.6) is 0 Å². The maximum Gasteiger partial charge on any atom is 0.341 e. The van der Waals surface area contributed by atoms with E-state index in [0.717, 1.165) is 18.7 Å². The molecule has 1 saturated heterocycles. The molecule has 2 rings (SSSR count). The number of alkyl halides is 2. The van der Waals surface area contributed by atoms with Crippen LogP contribution in [0.3, 0.4) is 0 Å². The van der Waals surface area contributed by atoms with Gasteiger partial charge in [-0.05, 0) is 30.7 Å². The Hall–Kier alpha value is -1.70. The average molecular weight is 332 g/mol. The van der Waals surface area contributed by atoms with E-state index in [1.807, 2.05) is 4.90 Å². The van der Waals surface area contributed by atoms with Crippen molar-refractivity contribution in [1.82, 2.24) is 4.90 Å². The Morgan fingerprint density at radius 3 is 2.27 bits per heavy atom. The maximum atomic E-state index is 12.5. The number of benzene rings is 1. The van der Waals surface area contributed by atoms with E-state index >= 15 is 0 Å². The third-order valence-corrected chi connectivity index (χ3v) is 5.10. The summed E-state index contributed by atoms with van der Waals surface area (Å²) in [7, 11) is -4.56. The van der Waals surface area contributed by atoms with Crippen LogP contribution in [0.4, 0.5) is 14.5 Å². The molecular weight excluding hydrogens is 314 g/mol. The van der Waals surface area contributed by atoms with Crippen molar-refractivity contribution in [1.29, 1.82) is 0 Å². The van der Waals surface area contributed by atoms with Crippen molar-refractivity contribution < 1.29 is 22.0 Å². The highest BCUT2D eigenvalue weighted by Gasteiger charge is 2.26. The highest BCUT2D eigenvalue weighted by molar-refractivity contribution is 7.91. The fourth-order valence-corrected chi connectivity index (χ4v) is 3.16. The standard InChI is InChI=1S/C14H18F2N2O3S/c1-11(19)17-7-2-8-18(10-9-17)12-3-5-13(6-4-12)22(20,21)14(15)16/h3-6,14H,2,7-10H2,1H3. The van der Waals surface area contributed by atoms with Gasteiger partial charge in [0.05, 0.1) is 4.90 Å². The third kappa shape index (κ3) is 3.55. The fourth-order valence-electron chi connectivity index (χ4n) is 2.44. The molecule has 122 valence electrons. The molecule has 0 spiro atoms. The Balaban J connectivity index is 2.12. The molecule has 0 N–H and O–H groups in total. The van der Waals surface area contributed by atoms with Gasteiger partial charge in [0.1, 0.15) is 0 Å². The van der Waals surface area contributed by atoms with Gasteiger partial charge in [0.15, 0.2) is 0 Å². The summed E-state index contributed by atoms with van der Waals surface area (Å²) in [6, 6.07) is 5.45. The summed E-state index contributed by atoms with van der Waals surface area (Å²) in [5.74, 6) is -3.39. The Morgan fingerprint density at radius 1 is 1.09 bits per heavy atom. The second-order valence-corrected chi connectivity index (χ2v) is 7.06. The van der Waals surface area contributed by atoms with Gasteiger partial charge in [0.2, 0.25) is 15.7 Å². The van der Waals surface area contributed by atoms with Crippen LogP contribution in [0.15, 0.2) is 29.2 Å². The molecule has 5 nitrogen and oxygen atoms in total. The van der Waals surface area contributed by atoms with E-state index < -0.39 is 15.6 Å². The SMILES string of the molecule is CC(=O)N1CCCN(c2ccc(S(=O)(=O)C(F)F)cc2)CC1. The molecule has 0 aliphatic carbocycles. The molecule has 22 heavy (non-hydrogen) atoms. The quantitative estimate of drug-likeness (QED) is 0.846. The predicted octanol–water partition coefficient (Wildman–Crippen LogP) is 1.74. The largest absolute Gasteiger partial charge is 0.370 e. The smallest absolute Gasteiger partial charge is 0.341 e. The van der Waals surface area contributed by atoms with Crippen molar-refractivity contribution in [2.24, 2.45) is 0 Å². The second-order valence-electron chi connectivity index (χ2n) is 5.15. The number of hydrogen-bond acceptors (Lipinski definition) is 4. The number of carbonyl (C=O) groups is 1. The van der Waals surface area contributed by atoms with Crippen molar-refractivity contribution in [3.63, 3.8) is 0 Å². The highest BCUT2D eigenvalue weighted by atomic mass is 32.2. The molecule has 1 aliphatic rings. The summed E-state index contributed by atoms with van der Waals surface area (Å²) >= 11 is 0. The zero-order valence-corrected chi connectivity index (χ0v) is 13.0. The molecule has 0 bridgehead atoms. The normalized spacial score (nSPS) is 16.7. The zero-order chi connectivity index (χ0) is 16.3. The summed E-state index contributed by atoms with van der Waals surface area (Å²) < 4.78 is 47.7. The van der Waals surface area contributed by atoms with Crippen LogP contribution in [-0.4, -0.2) is 51.2 Å². The summed E-state index contributed by atoms with van der Waals surface area (Å²) in [6.45, 7) is 4.15. The van der Waals surface area contributed by atoms with Gasteiger partial charge in [-0.25, -0.2) is 8.42 Å². The molecule has 1 heterocycles. The Labute approximate surface area is 128 Å². The van der Waals surface area contributed by atoms with E-state index in [2.05, 4.69) is 0 Å². The fraction of sp³-hybridized carbons (Fsp3) is 0.500. The highest BCUT2D eigenvalue weighted by Crippen LogP contribution is 2.23.